The van der Waals surface area contributed by atoms with Crippen molar-refractivity contribution in [2.75, 3.05) is 7.11 Å². The number of aryl methyl sites for hydroxylation is 1. The van der Waals surface area contributed by atoms with Crippen molar-refractivity contribution < 1.29 is 18.7 Å². The molecule has 0 aliphatic carbocycles. The Morgan fingerprint density at radius 2 is 2.10 bits per heavy atom. The van der Waals surface area contributed by atoms with Gasteiger partial charge in [-0.1, -0.05) is 13.3 Å². The van der Waals surface area contributed by atoms with Crippen LogP contribution in [0.5, 0.6) is 0 Å². The Morgan fingerprint density at radius 3 is 2.75 bits per heavy atom. The second-order valence-corrected chi connectivity index (χ2v) is 4.57. The molecule has 0 fully saturated rings. The molecule has 0 amide bonds. The van der Waals surface area contributed by atoms with Gasteiger partial charge in [0.25, 0.3) is 5.78 Å². The zero-order valence-electron chi connectivity index (χ0n) is 11.5. The summed E-state index contributed by atoms with van der Waals surface area (Å²) in [5, 5.41) is 0.441. The van der Waals surface area contributed by atoms with E-state index in [0.717, 1.165) is 25.5 Å². The van der Waals surface area contributed by atoms with Crippen molar-refractivity contribution in [3.05, 3.63) is 35.8 Å². The van der Waals surface area contributed by atoms with Crippen molar-refractivity contribution in [1.29, 1.82) is 0 Å². The van der Waals surface area contributed by atoms with E-state index >= 15 is 0 Å². The van der Waals surface area contributed by atoms with Gasteiger partial charge in [0.1, 0.15) is 5.82 Å². The number of Topliss-reactive ketones (excluding diaryl/α,β-unsaturated/α-hetero) is 1. The molecule has 0 radical (unpaired) electrons. The number of ether oxygens (including phenoxy) is 1. The topological polar surface area (TPSA) is 48.3 Å². The zero-order chi connectivity index (χ0) is 14.7. The first-order valence-electron chi connectivity index (χ1n) is 6.49. The molecule has 1 heterocycles. The van der Waals surface area contributed by atoms with Gasteiger partial charge in [0.15, 0.2) is 0 Å². The highest BCUT2D eigenvalue weighted by Gasteiger charge is 2.22. The molecule has 2 aromatic rings. The first-order valence-corrected chi connectivity index (χ1v) is 6.49. The maximum absolute atomic E-state index is 13.4. The van der Waals surface area contributed by atoms with Gasteiger partial charge in [-0.15, -0.1) is 0 Å². The van der Waals surface area contributed by atoms with Crippen LogP contribution in [0.2, 0.25) is 0 Å². The molecule has 0 saturated carbocycles. The molecule has 0 unspecified atom stereocenters. The Bertz CT molecular complexity index is 660. The minimum atomic E-state index is -0.941. The van der Waals surface area contributed by atoms with Gasteiger partial charge in [-0.3, -0.25) is 4.79 Å². The highest BCUT2D eigenvalue weighted by molar-refractivity contribution is 6.42. The first-order chi connectivity index (χ1) is 9.58. The third kappa shape index (κ3) is 2.57. The van der Waals surface area contributed by atoms with Crippen LogP contribution in [0.4, 0.5) is 4.39 Å². The summed E-state index contributed by atoms with van der Waals surface area (Å²) < 4.78 is 19.7. The van der Waals surface area contributed by atoms with E-state index in [1.165, 1.54) is 12.1 Å². The van der Waals surface area contributed by atoms with Crippen LogP contribution in [0.3, 0.4) is 0 Å². The van der Waals surface area contributed by atoms with Crippen LogP contribution in [0.25, 0.3) is 10.9 Å². The Kier molecular flexibility index (Phi) is 4.17. The van der Waals surface area contributed by atoms with Gasteiger partial charge in [0.2, 0.25) is 0 Å². The molecule has 0 atom stereocenters. The normalized spacial score (nSPS) is 10.8. The predicted octanol–water partition coefficient (Wildman–Crippen LogP) is 2.94. The van der Waals surface area contributed by atoms with E-state index in [-0.39, 0.29) is 5.56 Å². The van der Waals surface area contributed by atoms with Crippen molar-refractivity contribution in [2.24, 2.45) is 0 Å². The number of nitrogens with zero attached hydrogens (tertiary/aromatic N) is 1. The minimum Gasteiger partial charge on any atom is -0.463 e. The average Bonchev–Trinajstić information content (AvgIpc) is 2.81. The SMILES string of the molecule is CCCCn1cc(C(=O)C(=O)OC)c2cc(F)ccc21. The number of ketones is 1. The summed E-state index contributed by atoms with van der Waals surface area (Å²) in [5.74, 6) is -2.13. The molecular weight excluding hydrogens is 261 g/mol. The number of benzene rings is 1. The summed E-state index contributed by atoms with van der Waals surface area (Å²) in [6.07, 6.45) is 3.53. The van der Waals surface area contributed by atoms with E-state index < -0.39 is 17.6 Å². The highest BCUT2D eigenvalue weighted by atomic mass is 19.1. The van der Waals surface area contributed by atoms with Crippen LogP contribution in [0.1, 0.15) is 30.1 Å². The van der Waals surface area contributed by atoms with Crippen LogP contribution in [0.15, 0.2) is 24.4 Å². The lowest BCUT2D eigenvalue weighted by molar-refractivity contribution is -0.135. The minimum absolute atomic E-state index is 0.183. The largest absolute Gasteiger partial charge is 0.463 e. The molecule has 0 saturated heterocycles. The fourth-order valence-electron chi connectivity index (χ4n) is 2.17. The quantitative estimate of drug-likeness (QED) is 0.479. The molecule has 0 aliphatic heterocycles. The molecule has 0 aliphatic rings. The maximum atomic E-state index is 13.4. The van der Waals surface area contributed by atoms with Crippen molar-refractivity contribution in [1.82, 2.24) is 4.57 Å². The average molecular weight is 277 g/mol. The van der Waals surface area contributed by atoms with Crippen molar-refractivity contribution in [2.45, 2.75) is 26.3 Å². The Hall–Kier alpha value is -2.17. The Balaban J connectivity index is 2.55. The van der Waals surface area contributed by atoms with Gasteiger partial charge in [-0.2, -0.15) is 0 Å². The number of carbonyl (C=O) groups excluding carboxylic acids is 2. The summed E-state index contributed by atoms with van der Waals surface area (Å²) >= 11 is 0. The fraction of sp³-hybridized carbons (Fsp3) is 0.333. The molecular formula is C15H16FNO3. The van der Waals surface area contributed by atoms with Gasteiger partial charge in [-0.05, 0) is 24.6 Å². The molecule has 106 valence electrons. The van der Waals surface area contributed by atoms with Crippen LogP contribution in [-0.4, -0.2) is 23.4 Å². The third-order valence-electron chi connectivity index (χ3n) is 3.21. The van der Waals surface area contributed by atoms with Gasteiger partial charge < -0.3 is 9.30 Å². The van der Waals surface area contributed by atoms with Crippen LogP contribution in [-0.2, 0) is 16.1 Å². The fourth-order valence-corrected chi connectivity index (χ4v) is 2.17. The second kappa shape index (κ2) is 5.86. The molecule has 0 N–H and O–H groups in total. The van der Waals surface area contributed by atoms with E-state index in [1.54, 1.807) is 12.3 Å². The lowest BCUT2D eigenvalue weighted by atomic mass is 10.1. The lowest BCUT2D eigenvalue weighted by Gasteiger charge is -2.03. The Morgan fingerprint density at radius 1 is 1.35 bits per heavy atom. The Labute approximate surface area is 116 Å². The van der Waals surface area contributed by atoms with Gasteiger partial charge >= 0.3 is 5.97 Å². The maximum Gasteiger partial charge on any atom is 0.379 e. The summed E-state index contributed by atoms with van der Waals surface area (Å²) in [6, 6.07) is 4.24. The zero-order valence-corrected chi connectivity index (χ0v) is 11.5. The predicted molar refractivity (Wildman–Crippen MR) is 73.2 cm³/mol. The smallest absolute Gasteiger partial charge is 0.379 e. The molecule has 20 heavy (non-hydrogen) atoms. The van der Waals surface area contributed by atoms with E-state index in [9.17, 15) is 14.0 Å². The van der Waals surface area contributed by atoms with Crippen molar-refractivity contribution >= 4 is 22.7 Å². The number of unbranched alkanes of at least 4 members (excludes halogenated alkanes) is 1. The van der Waals surface area contributed by atoms with Crippen LogP contribution < -0.4 is 0 Å². The standard InChI is InChI=1S/C15H16FNO3/c1-3-4-7-17-9-12(14(18)15(19)20-2)11-8-10(16)5-6-13(11)17/h5-6,8-9H,3-4,7H2,1-2H3. The summed E-state index contributed by atoms with van der Waals surface area (Å²) in [4.78, 5) is 23.4. The van der Waals surface area contributed by atoms with Crippen LogP contribution in [0, 0.1) is 5.82 Å². The lowest BCUT2D eigenvalue weighted by Crippen LogP contribution is -2.15. The molecule has 2 rings (SSSR count). The monoisotopic (exact) mass is 277 g/mol. The number of hydrogen-bond donors (Lipinski definition) is 0. The number of halogens is 1. The summed E-state index contributed by atoms with van der Waals surface area (Å²) in [7, 11) is 1.15. The van der Waals surface area contributed by atoms with E-state index in [4.69, 9.17) is 0 Å². The third-order valence-corrected chi connectivity index (χ3v) is 3.21. The number of hydrogen-bond acceptors (Lipinski definition) is 3. The number of esters is 1. The second-order valence-electron chi connectivity index (χ2n) is 4.57. The molecule has 4 nitrogen and oxygen atoms in total. The number of methoxy groups -OCH3 is 1. The van der Waals surface area contributed by atoms with E-state index in [2.05, 4.69) is 11.7 Å². The van der Waals surface area contributed by atoms with E-state index in [1.807, 2.05) is 4.57 Å². The molecule has 1 aromatic carbocycles. The van der Waals surface area contributed by atoms with Gasteiger partial charge in [0, 0.05) is 23.6 Å². The number of aromatic nitrogens is 1. The molecule has 1 aromatic heterocycles. The van der Waals surface area contributed by atoms with Crippen molar-refractivity contribution in [3.8, 4) is 0 Å². The number of fused-ring (bicyclic) bond motifs is 1. The first kappa shape index (κ1) is 14.2. The summed E-state index contributed by atoms with van der Waals surface area (Å²) in [5.41, 5.74) is 0.926. The summed E-state index contributed by atoms with van der Waals surface area (Å²) in [6.45, 7) is 2.78. The number of carbonyl (C=O) groups is 2. The number of rotatable bonds is 5. The van der Waals surface area contributed by atoms with Gasteiger partial charge in [0.05, 0.1) is 12.7 Å². The van der Waals surface area contributed by atoms with Crippen LogP contribution >= 0.6 is 0 Å². The van der Waals surface area contributed by atoms with Gasteiger partial charge in [-0.25, -0.2) is 9.18 Å². The molecule has 0 bridgehead atoms. The molecule has 5 heteroatoms. The molecule has 0 spiro atoms. The van der Waals surface area contributed by atoms with Crippen molar-refractivity contribution in [3.63, 3.8) is 0 Å². The van der Waals surface area contributed by atoms with E-state index in [0.29, 0.717) is 11.9 Å². The highest BCUT2D eigenvalue weighted by Crippen LogP contribution is 2.24.